The lowest BCUT2D eigenvalue weighted by Gasteiger charge is -2.24. The van der Waals surface area contributed by atoms with Crippen LogP contribution in [0.4, 0.5) is 4.39 Å². The summed E-state index contributed by atoms with van der Waals surface area (Å²) in [5, 5.41) is 0. The van der Waals surface area contributed by atoms with Crippen molar-refractivity contribution in [2.75, 3.05) is 13.1 Å². The highest BCUT2D eigenvalue weighted by Gasteiger charge is 2.32. The zero-order valence-corrected chi connectivity index (χ0v) is 11.0. The molecule has 2 fully saturated rings. The highest BCUT2D eigenvalue weighted by Crippen LogP contribution is 2.32. The second kappa shape index (κ2) is 7.05. The van der Waals surface area contributed by atoms with Gasteiger partial charge in [0, 0.05) is 19.1 Å². The second-order valence-corrected chi connectivity index (χ2v) is 4.48. The third kappa shape index (κ3) is 3.31. The molecule has 0 bridgehead atoms. The van der Waals surface area contributed by atoms with E-state index in [9.17, 15) is 4.39 Å². The summed E-state index contributed by atoms with van der Waals surface area (Å²) in [6, 6.07) is 0.579. The molecular weight excluding hydrogens is 201 g/mol. The number of hydrogen-bond donors (Lipinski definition) is 0. The van der Waals surface area contributed by atoms with Crippen LogP contribution >= 0.6 is 0 Å². The van der Waals surface area contributed by atoms with Crippen molar-refractivity contribution in [3.8, 4) is 0 Å². The van der Waals surface area contributed by atoms with Crippen molar-refractivity contribution in [1.29, 1.82) is 0 Å². The lowest BCUT2D eigenvalue weighted by Crippen LogP contribution is -2.32. The van der Waals surface area contributed by atoms with E-state index in [0.717, 1.165) is 19.4 Å². The molecule has 2 unspecified atom stereocenters. The molecule has 16 heavy (non-hydrogen) atoms. The van der Waals surface area contributed by atoms with Crippen LogP contribution in [0.3, 0.4) is 0 Å². The Morgan fingerprint density at radius 2 is 2.12 bits per heavy atom. The van der Waals surface area contributed by atoms with Gasteiger partial charge in [0.25, 0.3) is 0 Å². The summed E-state index contributed by atoms with van der Waals surface area (Å²) in [4.78, 5) is 2.35. The number of allylic oxidation sites excluding steroid dienone is 1. The van der Waals surface area contributed by atoms with Crippen molar-refractivity contribution in [2.24, 2.45) is 0 Å². The standard InChI is InChI=1S/C12H20FN.C2H6/c1-2-4-10-5-3-6-12(10)14-8-7-11(13)9-14;1-2/h4,11-12H,2-3,5-9H2,1H3;1-2H3/b10-4+;. The number of hydrogen-bond acceptors (Lipinski definition) is 1. The van der Waals surface area contributed by atoms with Crippen LogP contribution in [0, 0.1) is 0 Å². The number of rotatable bonds is 2. The van der Waals surface area contributed by atoms with Gasteiger partial charge in [-0.1, -0.05) is 32.4 Å². The summed E-state index contributed by atoms with van der Waals surface area (Å²) in [5.41, 5.74) is 1.57. The molecule has 1 nitrogen and oxygen atoms in total. The van der Waals surface area contributed by atoms with Gasteiger partial charge in [0.05, 0.1) is 0 Å². The van der Waals surface area contributed by atoms with Gasteiger partial charge >= 0.3 is 0 Å². The van der Waals surface area contributed by atoms with Crippen molar-refractivity contribution in [3.05, 3.63) is 11.6 Å². The highest BCUT2D eigenvalue weighted by molar-refractivity contribution is 5.16. The molecule has 0 aromatic carbocycles. The van der Waals surface area contributed by atoms with Gasteiger partial charge in [0.15, 0.2) is 0 Å². The SMILES string of the molecule is CC.CC/C=C1\CCCC1N1CCC(F)C1. The van der Waals surface area contributed by atoms with Crippen molar-refractivity contribution < 1.29 is 4.39 Å². The number of nitrogens with zero attached hydrogens (tertiary/aromatic N) is 1. The third-order valence-corrected chi connectivity index (χ3v) is 3.44. The minimum atomic E-state index is -0.571. The first-order valence-corrected chi connectivity index (χ1v) is 6.88. The molecule has 0 amide bonds. The lowest BCUT2D eigenvalue weighted by molar-refractivity contribution is 0.247. The van der Waals surface area contributed by atoms with Crippen LogP contribution < -0.4 is 0 Å². The Kier molecular flexibility index (Phi) is 6.04. The fraction of sp³-hybridized carbons (Fsp3) is 0.857. The van der Waals surface area contributed by atoms with E-state index in [1.807, 2.05) is 13.8 Å². The van der Waals surface area contributed by atoms with Gasteiger partial charge in [0.1, 0.15) is 6.17 Å². The van der Waals surface area contributed by atoms with E-state index in [1.165, 1.54) is 19.3 Å². The number of alkyl halides is 1. The minimum Gasteiger partial charge on any atom is -0.294 e. The molecule has 0 spiro atoms. The zero-order chi connectivity index (χ0) is 12.0. The summed E-state index contributed by atoms with van der Waals surface area (Å²) in [6.45, 7) is 7.82. The third-order valence-electron chi connectivity index (χ3n) is 3.44. The predicted octanol–water partition coefficient (Wildman–Crippen LogP) is 3.95. The molecule has 0 aromatic rings. The second-order valence-electron chi connectivity index (χ2n) is 4.48. The van der Waals surface area contributed by atoms with Gasteiger partial charge in [-0.05, 0) is 32.1 Å². The molecule has 2 aliphatic rings. The maximum Gasteiger partial charge on any atom is 0.114 e. The molecule has 0 aromatic heterocycles. The van der Waals surface area contributed by atoms with Gasteiger partial charge in [0.2, 0.25) is 0 Å². The van der Waals surface area contributed by atoms with Gasteiger partial charge < -0.3 is 0 Å². The maximum absolute atomic E-state index is 13.1. The predicted molar refractivity (Wildman–Crippen MR) is 68.4 cm³/mol. The average Bonchev–Trinajstić information content (AvgIpc) is 2.90. The van der Waals surface area contributed by atoms with Crippen LogP contribution in [-0.2, 0) is 0 Å². The summed E-state index contributed by atoms with van der Waals surface area (Å²) >= 11 is 0. The van der Waals surface area contributed by atoms with E-state index in [0.29, 0.717) is 12.6 Å². The van der Waals surface area contributed by atoms with Crippen molar-refractivity contribution in [2.45, 2.75) is 65.1 Å². The van der Waals surface area contributed by atoms with E-state index in [4.69, 9.17) is 0 Å². The lowest BCUT2D eigenvalue weighted by atomic mass is 10.1. The first-order valence-electron chi connectivity index (χ1n) is 6.88. The molecule has 94 valence electrons. The van der Waals surface area contributed by atoms with Gasteiger partial charge in [-0.15, -0.1) is 0 Å². The molecule has 1 heterocycles. The van der Waals surface area contributed by atoms with E-state index < -0.39 is 6.17 Å². The van der Waals surface area contributed by atoms with Gasteiger partial charge in [-0.2, -0.15) is 0 Å². The molecule has 1 saturated carbocycles. The first kappa shape index (κ1) is 13.7. The summed E-state index contributed by atoms with van der Waals surface area (Å²) in [5.74, 6) is 0. The zero-order valence-electron chi connectivity index (χ0n) is 11.0. The molecule has 1 aliphatic heterocycles. The van der Waals surface area contributed by atoms with Crippen LogP contribution in [0.15, 0.2) is 11.6 Å². The molecule has 2 rings (SSSR count). The monoisotopic (exact) mass is 227 g/mol. The smallest absolute Gasteiger partial charge is 0.114 e. The molecule has 0 radical (unpaired) electrons. The average molecular weight is 227 g/mol. The number of likely N-dealkylation sites (tertiary alicyclic amines) is 1. The molecule has 1 aliphatic carbocycles. The van der Waals surface area contributed by atoms with Crippen LogP contribution in [-0.4, -0.2) is 30.2 Å². The van der Waals surface area contributed by atoms with Crippen molar-refractivity contribution in [1.82, 2.24) is 4.90 Å². The molecule has 2 heteroatoms. The summed E-state index contributed by atoms with van der Waals surface area (Å²) < 4.78 is 13.1. The number of halogens is 1. The normalized spacial score (nSPS) is 32.9. The van der Waals surface area contributed by atoms with Crippen molar-refractivity contribution in [3.63, 3.8) is 0 Å². The first-order chi connectivity index (χ1) is 7.81. The van der Waals surface area contributed by atoms with Crippen LogP contribution in [0.2, 0.25) is 0 Å². The Morgan fingerprint density at radius 1 is 1.38 bits per heavy atom. The van der Waals surface area contributed by atoms with Crippen molar-refractivity contribution >= 4 is 0 Å². The van der Waals surface area contributed by atoms with Gasteiger partial charge in [-0.3, -0.25) is 4.90 Å². The minimum absolute atomic E-state index is 0.571. The highest BCUT2D eigenvalue weighted by atomic mass is 19.1. The maximum atomic E-state index is 13.1. The Morgan fingerprint density at radius 3 is 2.69 bits per heavy atom. The molecule has 1 saturated heterocycles. The Hall–Kier alpha value is -0.370. The summed E-state index contributed by atoms with van der Waals surface area (Å²) in [6.07, 6.45) is 7.44. The van der Waals surface area contributed by atoms with E-state index >= 15 is 0 Å². The van der Waals surface area contributed by atoms with Crippen LogP contribution in [0.25, 0.3) is 0 Å². The Bertz CT molecular complexity index is 225. The topological polar surface area (TPSA) is 3.24 Å². The largest absolute Gasteiger partial charge is 0.294 e. The van der Waals surface area contributed by atoms with Crippen LogP contribution in [0.1, 0.15) is 52.9 Å². The molecular formula is C14H26FN. The van der Waals surface area contributed by atoms with Gasteiger partial charge in [-0.25, -0.2) is 4.39 Å². The van der Waals surface area contributed by atoms with Crippen LogP contribution in [0.5, 0.6) is 0 Å². The molecule has 0 N–H and O–H groups in total. The fourth-order valence-corrected chi connectivity index (χ4v) is 2.79. The van der Waals surface area contributed by atoms with E-state index in [-0.39, 0.29) is 0 Å². The quantitative estimate of drug-likeness (QED) is 0.646. The Balaban J connectivity index is 0.000000606. The Labute approximate surface area is 99.7 Å². The summed E-state index contributed by atoms with van der Waals surface area (Å²) in [7, 11) is 0. The molecule has 2 atom stereocenters. The van der Waals surface area contributed by atoms with E-state index in [2.05, 4.69) is 17.9 Å². The fourth-order valence-electron chi connectivity index (χ4n) is 2.79. The van der Waals surface area contributed by atoms with E-state index in [1.54, 1.807) is 5.57 Å².